The number of benzene rings is 2. The maximum atomic E-state index is 12.4. The SMILES string of the molecule is COc1cc2cc(c1O)CC#Cc1c(ccc(O)c1OC)CCC(=O)CC(O)CC2. The van der Waals surface area contributed by atoms with Gasteiger partial charge in [-0.15, -0.1) is 0 Å². The minimum Gasteiger partial charge on any atom is -0.504 e. The van der Waals surface area contributed by atoms with Gasteiger partial charge in [0.1, 0.15) is 5.78 Å². The molecule has 6 heteroatoms. The Morgan fingerprint density at radius 3 is 2.57 bits per heavy atom. The molecule has 1 atom stereocenters. The van der Waals surface area contributed by atoms with E-state index in [2.05, 4.69) is 11.8 Å². The van der Waals surface area contributed by atoms with Crippen molar-refractivity contribution in [2.75, 3.05) is 14.2 Å². The highest BCUT2D eigenvalue weighted by molar-refractivity contribution is 5.79. The molecular formula is C24H26O6. The molecule has 158 valence electrons. The number of fused-ring (bicyclic) bond motifs is 3. The maximum absolute atomic E-state index is 12.4. The summed E-state index contributed by atoms with van der Waals surface area (Å²) in [5.74, 6) is 6.65. The lowest BCUT2D eigenvalue weighted by atomic mass is 9.97. The number of hydrogen-bond acceptors (Lipinski definition) is 6. The summed E-state index contributed by atoms with van der Waals surface area (Å²) in [4.78, 5) is 12.4. The van der Waals surface area contributed by atoms with Crippen molar-refractivity contribution in [2.24, 2.45) is 0 Å². The highest BCUT2D eigenvalue weighted by atomic mass is 16.5. The van der Waals surface area contributed by atoms with Gasteiger partial charge >= 0.3 is 0 Å². The average molecular weight is 410 g/mol. The molecule has 2 bridgehead atoms. The normalized spacial score (nSPS) is 17.0. The molecule has 6 nitrogen and oxygen atoms in total. The van der Waals surface area contributed by atoms with Gasteiger partial charge in [-0.05, 0) is 42.5 Å². The highest BCUT2D eigenvalue weighted by Crippen LogP contribution is 2.34. The van der Waals surface area contributed by atoms with Crippen LogP contribution in [0.25, 0.3) is 0 Å². The molecule has 0 amide bonds. The number of aryl methyl sites for hydroxylation is 2. The Morgan fingerprint density at radius 1 is 1.03 bits per heavy atom. The van der Waals surface area contributed by atoms with Crippen LogP contribution < -0.4 is 9.47 Å². The quantitative estimate of drug-likeness (QED) is 0.659. The van der Waals surface area contributed by atoms with Crippen LogP contribution >= 0.6 is 0 Å². The lowest BCUT2D eigenvalue weighted by molar-refractivity contribution is -0.120. The van der Waals surface area contributed by atoms with Gasteiger partial charge in [0, 0.05) is 24.8 Å². The lowest BCUT2D eigenvalue weighted by Crippen LogP contribution is -2.15. The number of rotatable bonds is 2. The number of ether oxygens (including phenoxy) is 2. The predicted octanol–water partition coefficient (Wildman–Crippen LogP) is 2.91. The first-order valence-electron chi connectivity index (χ1n) is 9.89. The molecular weight excluding hydrogens is 384 g/mol. The second-order valence-electron chi connectivity index (χ2n) is 7.37. The molecule has 0 aliphatic heterocycles. The molecule has 1 aliphatic rings. The fourth-order valence-corrected chi connectivity index (χ4v) is 3.63. The second kappa shape index (κ2) is 9.55. The first kappa shape index (κ1) is 21.5. The molecule has 1 aliphatic carbocycles. The van der Waals surface area contributed by atoms with Gasteiger partial charge in [-0.25, -0.2) is 0 Å². The number of methoxy groups -OCH3 is 2. The summed E-state index contributed by atoms with van der Waals surface area (Å²) in [7, 11) is 2.93. The van der Waals surface area contributed by atoms with Crippen LogP contribution in [-0.2, 0) is 24.1 Å². The third kappa shape index (κ3) is 4.87. The van der Waals surface area contributed by atoms with Gasteiger partial charge in [0.2, 0.25) is 0 Å². The number of aliphatic hydroxyl groups is 1. The topological polar surface area (TPSA) is 96.2 Å². The Morgan fingerprint density at radius 2 is 1.83 bits per heavy atom. The van der Waals surface area contributed by atoms with Gasteiger partial charge < -0.3 is 24.8 Å². The number of phenolic OH excluding ortho intramolecular Hbond substituents is 2. The molecule has 0 saturated heterocycles. The summed E-state index contributed by atoms with van der Waals surface area (Å²) in [5, 5.41) is 30.9. The summed E-state index contributed by atoms with van der Waals surface area (Å²) in [6, 6.07) is 6.81. The van der Waals surface area contributed by atoms with E-state index in [9.17, 15) is 20.1 Å². The molecule has 0 saturated carbocycles. The van der Waals surface area contributed by atoms with Crippen molar-refractivity contribution in [3.63, 3.8) is 0 Å². The Bertz CT molecular complexity index is 999. The van der Waals surface area contributed by atoms with Crippen LogP contribution in [0.15, 0.2) is 24.3 Å². The minimum absolute atomic E-state index is 0.0266. The fraction of sp³-hybridized carbons (Fsp3) is 0.375. The molecule has 3 N–H and O–H groups in total. The third-order valence-corrected chi connectivity index (χ3v) is 5.26. The first-order chi connectivity index (χ1) is 14.4. The zero-order valence-electron chi connectivity index (χ0n) is 17.2. The van der Waals surface area contributed by atoms with E-state index >= 15 is 0 Å². The molecule has 0 fully saturated rings. The van der Waals surface area contributed by atoms with Gasteiger partial charge in [-0.2, -0.15) is 0 Å². The number of carbonyl (C=O) groups excluding carboxylic acids is 1. The van der Waals surface area contributed by atoms with E-state index < -0.39 is 6.10 Å². The molecule has 2 aromatic rings. The molecule has 0 radical (unpaired) electrons. The molecule has 0 spiro atoms. The zero-order valence-corrected chi connectivity index (χ0v) is 17.2. The van der Waals surface area contributed by atoms with E-state index in [1.54, 1.807) is 12.1 Å². The van der Waals surface area contributed by atoms with Gasteiger partial charge in [0.05, 0.1) is 25.9 Å². The Labute approximate surface area is 176 Å². The first-order valence-corrected chi connectivity index (χ1v) is 9.89. The van der Waals surface area contributed by atoms with Crippen LogP contribution in [-0.4, -0.2) is 41.4 Å². The highest BCUT2D eigenvalue weighted by Gasteiger charge is 2.17. The number of phenols is 2. The van der Waals surface area contributed by atoms with E-state index in [-0.39, 0.29) is 42.3 Å². The summed E-state index contributed by atoms with van der Waals surface area (Å²) in [6.45, 7) is 0. The van der Waals surface area contributed by atoms with Crippen LogP contribution in [0.3, 0.4) is 0 Å². The Kier molecular flexibility index (Phi) is 6.86. The van der Waals surface area contributed by atoms with E-state index in [1.165, 1.54) is 20.3 Å². The van der Waals surface area contributed by atoms with Crippen molar-refractivity contribution in [1.82, 2.24) is 0 Å². The van der Waals surface area contributed by atoms with E-state index in [0.29, 0.717) is 36.1 Å². The lowest BCUT2D eigenvalue weighted by Gasteiger charge is -2.13. The van der Waals surface area contributed by atoms with Gasteiger partial charge in [-0.1, -0.05) is 24.0 Å². The van der Waals surface area contributed by atoms with Crippen molar-refractivity contribution in [3.05, 3.63) is 46.5 Å². The average Bonchev–Trinajstić information content (AvgIpc) is 2.73. The van der Waals surface area contributed by atoms with E-state index in [4.69, 9.17) is 9.47 Å². The molecule has 0 aromatic heterocycles. The van der Waals surface area contributed by atoms with Gasteiger partial charge in [-0.3, -0.25) is 4.79 Å². The number of carbonyl (C=O) groups is 1. The summed E-state index contributed by atoms with van der Waals surface area (Å²) in [5.41, 5.74) is 2.80. The number of Topliss-reactive ketones (excluding diaryl/α,β-unsaturated/α-hetero) is 1. The van der Waals surface area contributed by atoms with Crippen molar-refractivity contribution < 1.29 is 29.6 Å². The summed E-state index contributed by atoms with van der Waals surface area (Å²) in [6.07, 6.45) is 1.28. The molecule has 3 rings (SSSR count). The minimum atomic E-state index is -0.740. The predicted molar refractivity (Wildman–Crippen MR) is 112 cm³/mol. The van der Waals surface area contributed by atoms with Gasteiger partial charge in [0.15, 0.2) is 23.0 Å². The fourth-order valence-electron chi connectivity index (χ4n) is 3.63. The van der Waals surface area contributed by atoms with Crippen molar-refractivity contribution >= 4 is 5.78 Å². The second-order valence-corrected chi connectivity index (χ2v) is 7.37. The van der Waals surface area contributed by atoms with E-state index in [1.807, 2.05) is 6.07 Å². The number of ketones is 1. The molecule has 0 heterocycles. The van der Waals surface area contributed by atoms with Crippen LogP contribution in [0.5, 0.6) is 23.0 Å². The number of aromatic hydroxyl groups is 2. The Hall–Kier alpha value is -3.17. The summed E-state index contributed by atoms with van der Waals surface area (Å²) >= 11 is 0. The maximum Gasteiger partial charge on any atom is 0.176 e. The van der Waals surface area contributed by atoms with Crippen molar-refractivity contribution in [3.8, 4) is 34.8 Å². The van der Waals surface area contributed by atoms with Crippen LogP contribution in [0.1, 0.15) is 41.5 Å². The smallest absolute Gasteiger partial charge is 0.176 e. The Balaban J connectivity index is 2.08. The van der Waals surface area contributed by atoms with E-state index in [0.717, 1.165) is 11.1 Å². The molecule has 2 aromatic carbocycles. The molecule has 30 heavy (non-hydrogen) atoms. The van der Waals surface area contributed by atoms with Crippen molar-refractivity contribution in [2.45, 2.75) is 44.6 Å². The van der Waals surface area contributed by atoms with Gasteiger partial charge in [0.25, 0.3) is 0 Å². The summed E-state index contributed by atoms with van der Waals surface area (Å²) < 4.78 is 10.6. The number of hydrogen-bond donors (Lipinski definition) is 3. The number of aliphatic hydroxyl groups excluding tert-OH is 1. The zero-order chi connectivity index (χ0) is 21.7. The largest absolute Gasteiger partial charge is 0.504 e. The van der Waals surface area contributed by atoms with Crippen LogP contribution in [0.4, 0.5) is 0 Å². The van der Waals surface area contributed by atoms with Crippen LogP contribution in [0, 0.1) is 11.8 Å². The standard InChI is InChI=1S/C24H26O6/c1-29-22-13-15-6-9-18(25)14-19(26)10-7-16-8-11-21(27)24(30-2)20(16)5-3-4-17(12-15)23(22)28/h8,11-13,18,25,27-28H,4,6-7,9-10,14H2,1-2H3. The van der Waals surface area contributed by atoms with Crippen LogP contribution in [0.2, 0.25) is 0 Å². The van der Waals surface area contributed by atoms with Crippen molar-refractivity contribution in [1.29, 1.82) is 0 Å². The molecule has 1 unspecified atom stereocenters. The third-order valence-electron chi connectivity index (χ3n) is 5.26. The monoisotopic (exact) mass is 410 g/mol.